The molecule has 1 aromatic rings. The van der Waals surface area contributed by atoms with Gasteiger partial charge in [0.25, 0.3) is 0 Å². The second-order valence-corrected chi connectivity index (χ2v) is 5.48. The number of unbranched alkanes of at least 4 members (excludes halogenated alkanes) is 1. The average molecular weight is 298 g/mol. The van der Waals surface area contributed by atoms with Crippen LogP contribution in [0.3, 0.4) is 0 Å². The minimum atomic E-state index is 0. The van der Waals surface area contributed by atoms with Crippen LogP contribution in [0.5, 0.6) is 5.75 Å². The summed E-state index contributed by atoms with van der Waals surface area (Å²) in [4.78, 5) is 2.66. The molecule has 0 spiro atoms. The topological polar surface area (TPSA) is 12.5 Å². The van der Waals surface area contributed by atoms with E-state index in [1.54, 1.807) is 7.11 Å². The average Bonchev–Trinajstić information content (AvgIpc) is 2.47. The first kappa shape index (κ1) is 17.3. The van der Waals surface area contributed by atoms with Crippen LogP contribution in [0.4, 0.5) is 0 Å². The lowest BCUT2D eigenvalue weighted by atomic mass is 9.86. The van der Waals surface area contributed by atoms with Crippen molar-refractivity contribution >= 4 is 12.4 Å². The number of likely N-dealkylation sites (N-methyl/N-ethyl adjacent to an activating group) is 1. The number of hydrogen-bond acceptors (Lipinski definition) is 2. The normalized spacial score (nSPS) is 17.5. The van der Waals surface area contributed by atoms with Crippen LogP contribution in [0, 0.1) is 0 Å². The summed E-state index contributed by atoms with van der Waals surface area (Å²) in [6.45, 7) is 6.98. The van der Waals surface area contributed by atoms with Gasteiger partial charge in [-0.05, 0) is 56.0 Å². The molecular weight excluding hydrogens is 270 g/mol. The Morgan fingerprint density at radius 3 is 2.75 bits per heavy atom. The van der Waals surface area contributed by atoms with Gasteiger partial charge in [0.15, 0.2) is 0 Å². The van der Waals surface area contributed by atoms with E-state index in [0.717, 1.165) is 18.2 Å². The van der Waals surface area contributed by atoms with Gasteiger partial charge in [-0.3, -0.25) is 0 Å². The van der Waals surface area contributed by atoms with Gasteiger partial charge in [0.05, 0.1) is 7.11 Å². The second kappa shape index (κ2) is 8.53. The van der Waals surface area contributed by atoms with E-state index in [9.17, 15) is 0 Å². The first-order valence-electron chi connectivity index (χ1n) is 7.68. The molecule has 0 amide bonds. The molecule has 0 heterocycles. The molecule has 3 heteroatoms. The smallest absolute Gasteiger partial charge is 0.122 e. The number of halogens is 1. The Morgan fingerprint density at radius 1 is 1.30 bits per heavy atom. The van der Waals surface area contributed by atoms with Crippen LogP contribution in [-0.4, -0.2) is 31.1 Å². The number of nitrogens with zero attached hydrogens (tertiary/aromatic N) is 1. The summed E-state index contributed by atoms with van der Waals surface area (Å²) in [5, 5.41) is 0. The lowest BCUT2D eigenvalue weighted by molar-refractivity contribution is 0.185. The van der Waals surface area contributed by atoms with Gasteiger partial charge >= 0.3 is 0 Å². The Kier molecular flexibility index (Phi) is 7.39. The Bertz CT molecular complexity index is 408. The Morgan fingerprint density at radius 2 is 2.10 bits per heavy atom. The second-order valence-electron chi connectivity index (χ2n) is 5.48. The van der Waals surface area contributed by atoms with Crippen LogP contribution in [0.25, 0.3) is 0 Å². The first-order valence-corrected chi connectivity index (χ1v) is 7.68. The number of fused-ring (bicyclic) bond motifs is 1. The zero-order valence-electron chi connectivity index (χ0n) is 13.0. The molecule has 1 aliphatic carbocycles. The zero-order chi connectivity index (χ0) is 13.7. The van der Waals surface area contributed by atoms with E-state index in [-0.39, 0.29) is 12.4 Å². The summed E-state index contributed by atoms with van der Waals surface area (Å²) in [5.74, 6) is 1.08. The predicted molar refractivity (Wildman–Crippen MR) is 88.2 cm³/mol. The van der Waals surface area contributed by atoms with Gasteiger partial charge in [-0.25, -0.2) is 0 Å². The highest BCUT2D eigenvalue weighted by Crippen LogP contribution is 2.31. The summed E-state index contributed by atoms with van der Waals surface area (Å²) >= 11 is 0. The first-order chi connectivity index (χ1) is 9.30. The van der Waals surface area contributed by atoms with Crippen LogP contribution >= 0.6 is 12.4 Å². The molecular formula is C17H28ClNO. The highest BCUT2D eigenvalue weighted by molar-refractivity contribution is 5.85. The largest absolute Gasteiger partial charge is 0.496 e. The molecule has 0 N–H and O–H groups in total. The third-order valence-corrected chi connectivity index (χ3v) is 4.35. The molecule has 1 aliphatic rings. The van der Waals surface area contributed by atoms with Gasteiger partial charge < -0.3 is 9.64 Å². The van der Waals surface area contributed by atoms with E-state index >= 15 is 0 Å². The highest BCUT2D eigenvalue weighted by atomic mass is 35.5. The SMILES string of the molecule is CCCCN(CC)C1CCc2c(cccc2OC)C1.Cl. The van der Waals surface area contributed by atoms with Crippen molar-refractivity contribution in [2.75, 3.05) is 20.2 Å². The monoisotopic (exact) mass is 297 g/mol. The van der Waals surface area contributed by atoms with Crippen LogP contribution in [-0.2, 0) is 12.8 Å². The maximum absolute atomic E-state index is 5.49. The minimum absolute atomic E-state index is 0. The van der Waals surface area contributed by atoms with E-state index in [1.807, 2.05) is 0 Å². The van der Waals surface area contributed by atoms with Gasteiger partial charge in [-0.1, -0.05) is 32.4 Å². The van der Waals surface area contributed by atoms with Crippen molar-refractivity contribution in [2.45, 2.75) is 52.0 Å². The van der Waals surface area contributed by atoms with E-state index < -0.39 is 0 Å². The van der Waals surface area contributed by atoms with Crippen molar-refractivity contribution in [1.82, 2.24) is 4.90 Å². The van der Waals surface area contributed by atoms with Crippen molar-refractivity contribution < 1.29 is 4.74 Å². The zero-order valence-corrected chi connectivity index (χ0v) is 13.8. The maximum atomic E-state index is 5.49. The molecule has 0 bridgehead atoms. The van der Waals surface area contributed by atoms with Crippen molar-refractivity contribution in [3.05, 3.63) is 29.3 Å². The minimum Gasteiger partial charge on any atom is -0.496 e. The van der Waals surface area contributed by atoms with Crippen LogP contribution < -0.4 is 4.74 Å². The van der Waals surface area contributed by atoms with E-state index in [2.05, 4.69) is 36.9 Å². The number of ether oxygens (including phenoxy) is 1. The highest BCUT2D eigenvalue weighted by Gasteiger charge is 2.24. The number of rotatable bonds is 6. The fraction of sp³-hybridized carbons (Fsp3) is 0.647. The molecule has 0 saturated heterocycles. The molecule has 0 fully saturated rings. The fourth-order valence-corrected chi connectivity index (χ4v) is 3.22. The molecule has 1 unspecified atom stereocenters. The lowest BCUT2D eigenvalue weighted by Gasteiger charge is -2.35. The van der Waals surface area contributed by atoms with E-state index in [0.29, 0.717) is 0 Å². The maximum Gasteiger partial charge on any atom is 0.122 e. The van der Waals surface area contributed by atoms with Gasteiger partial charge in [-0.15, -0.1) is 12.4 Å². The Hall–Kier alpha value is -0.730. The van der Waals surface area contributed by atoms with Crippen LogP contribution in [0.1, 0.15) is 44.2 Å². The van der Waals surface area contributed by atoms with E-state index in [1.165, 1.54) is 49.9 Å². The summed E-state index contributed by atoms with van der Waals surface area (Å²) in [7, 11) is 1.78. The van der Waals surface area contributed by atoms with E-state index in [4.69, 9.17) is 4.74 Å². The number of hydrogen-bond donors (Lipinski definition) is 0. The summed E-state index contributed by atoms with van der Waals surface area (Å²) in [5.41, 5.74) is 2.93. The molecule has 0 aromatic heterocycles. The van der Waals surface area contributed by atoms with Crippen LogP contribution in [0.2, 0.25) is 0 Å². The predicted octanol–water partition coefficient (Wildman–Crippen LogP) is 4.10. The third-order valence-electron chi connectivity index (χ3n) is 4.35. The van der Waals surface area contributed by atoms with Crippen molar-refractivity contribution in [3.63, 3.8) is 0 Å². The third kappa shape index (κ3) is 3.89. The van der Waals surface area contributed by atoms with Crippen molar-refractivity contribution in [2.24, 2.45) is 0 Å². The van der Waals surface area contributed by atoms with Crippen molar-refractivity contribution in [1.29, 1.82) is 0 Å². The van der Waals surface area contributed by atoms with Crippen molar-refractivity contribution in [3.8, 4) is 5.75 Å². The fourth-order valence-electron chi connectivity index (χ4n) is 3.22. The number of benzene rings is 1. The molecule has 2 nitrogen and oxygen atoms in total. The molecule has 0 saturated carbocycles. The lowest BCUT2D eigenvalue weighted by Crippen LogP contribution is -2.39. The van der Waals surface area contributed by atoms with Gasteiger partial charge in [0.1, 0.15) is 5.75 Å². The standard InChI is InChI=1S/C17H27NO.ClH/c1-4-6-12-18(5-2)15-10-11-16-14(13-15)8-7-9-17(16)19-3;/h7-9,15H,4-6,10-13H2,1-3H3;1H. The molecule has 2 rings (SSSR count). The van der Waals surface area contributed by atoms with Gasteiger partial charge in [-0.2, -0.15) is 0 Å². The molecule has 20 heavy (non-hydrogen) atoms. The van der Waals surface area contributed by atoms with Gasteiger partial charge in [0, 0.05) is 6.04 Å². The quantitative estimate of drug-likeness (QED) is 0.784. The van der Waals surface area contributed by atoms with Gasteiger partial charge in [0.2, 0.25) is 0 Å². The Balaban J connectivity index is 0.00000200. The van der Waals surface area contributed by atoms with Crippen LogP contribution in [0.15, 0.2) is 18.2 Å². The summed E-state index contributed by atoms with van der Waals surface area (Å²) in [6.07, 6.45) is 6.21. The molecule has 114 valence electrons. The summed E-state index contributed by atoms with van der Waals surface area (Å²) in [6, 6.07) is 7.21. The Labute approximate surface area is 129 Å². The number of methoxy groups -OCH3 is 1. The molecule has 0 radical (unpaired) electrons. The molecule has 1 aromatic carbocycles. The molecule has 1 atom stereocenters. The summed E-state index contributed by atoms with van der Waals surface area (Å²) < 4.78 is 5.49. The molecule has 0 aliphatic heterocycles.